The molecule has 2 aromatic carbocycles. The number of hydrogen-bond donors (Lipinski definition) is 2. The molecule has 2 aromatic rings. The third kappa shape index (κ3) is 4.34. The van der Waals surface area contributed by atoms with Gasteiger partial charge in [0.15, 0.2) is 12.1 Å². The second-order valence-corrected chi connectivity index (χ2v) is 6.85. The number of carbonyl (C=O) groups excluding carboxylic acids is 1. The highest BCUT2D eigenvalue weighted by molar-refractivity contribution is 6.32. The van der Waals surface area contributed by atoms with Gasteiger partial charge < -0.3 is 19.9 Å². The molecule has 2 atom stereocenters. The van der Waals surface area contributed by atoms with Gasteiger partial charge in [-0.25, -0.2) is 4.79 Å². The summed E-state index contributed by atoms with van der Waals surface area (Å²) in [6.07, 6.45) is -0.196. The molecule has 3 rings (SSSR count). The number of carbonyl (C=O) groups is 2. The van der Waals surface area contributed by atoms with Crippen LogP contribution in [-0.4, -0.2) is 29.7 Å². The number of rotatable bonds is 6. The SMILES string of the molecule is Cc1ccc(Cl)c(OC(C)C(=O)NC(C(=O)O)c2ccc3c(c2)CCO3)c1. The summed E-state index contributed by atoms with van der Waals surface area (Å²) in [6, 6.07) is 9.19. The number of benzene rings is 2. The molecule has 0 bridgehead atoms. The molecule has 142 valence electrons. The third-order valence-electron chi connectivity index (χ3n) is 4.34. The van der Waals surface area contributed by atoms with E-state index in [-0.39, 0.29) is 0 Å². The van der Waals surface area contributed by atoms with Crippen molar-refractivity contribution in [1.82, 2.24) is 5.32 Å². The van der Waals surface area contributed by atoms with Gasteiger partial charge in [0, 0.05) is 6.42 Å². The van der Waals surface area contributed by atoms with E-state index in [0.29, 0.717) is 22.9 Å². The van der Waals surface area contributed by atoms with Gasteiger partial charge in [0.2, 0.25) is 0 Å². The summed E-state index contributed by atoms with van der Waals surface area (Å²) in [6.45, 7) is 4.00. The summed E-state index contributed by atoms with van der Waals surface area (Å²) < 4.78 is 11.1. The number of aliphatic carboxylic acids is 1. The summed E-state index contributed by atoms with van der Waals surface area (Å²) in [5, 5.41) is 12.5. The van der Waals surface area contributed by atoms with E-state index in [1.807, 2.05) is 13.0 Å². The smallest absolute Gasteiger partial charge is 0.330 e. The van der Waals surface area contributed by atoms with Crippen LogP contribution in [0.5, 0.6) is 11.5 Å². The van der Waals surface area contributed by atoms with Gasteiger partial charge >= 0.3 is 5.97 Å². The van der Waals surface area contributed by atoms with Crippen molar-refractivity contribution in [1.29, 1.82) is 0 Å². The van der Waals surface area contributed by atoms with Crippen LogP contribution in [-0.2, 0) is 16.0 Å². The lowest BCUT2D eigenvalue weighted by Gasteiger charge is -2.20. The molecule has 1 aliphatic heterocycles. The second kappa shape index (κ2) is 7.88. The molecular formula is C20H20ClNO5. The van der Waals surface area contributed by atoms with Crippen LogP contribution >= 0.6 is 11.6 Å². The van der Waals surface area contributed by atoms with Gasteiger partial charge in [-0.15, -0.1) is 0 Å². The molecule has 0 saturated heterocycles. The first kappa shape index (κ1) is 19.0. The maximum Gasteiger partial charge on any atom is 0.330 e. The number of carboxylic acids is 1. The Morgan fingerprint density at radius 1 is 1.26 bits per heavy atom. The van der Waals surface area contributed by atoms with Crippen molar-refractivity contribution in [3.8, 4) is 11.5 Å². The zero-order chi connectivity index (χ0) is 19.6. The molecule has 6 nitrogen and oxygen atoms in total. The zero-order valence-electron chi connectivity index (χ0n) is 15.0. The minimum absolute atomic E-state index is 0.376. The highest BCUT2D eigenvalue weighted by atomic mass is 35.5. The molecule has 1 aliphatic rings. The number of ether oxygens (including phenoxy) is 2. The van der Waals surface area contributed by atoms with Gasteiger partial charge in [-0.1, -0.05) is 23.7 Å². The first-order chi connectivity index (χ1) is 12.8. The van der Waals surface area contributed by atoms with Crippen LogP contribution in [0.2, 0.25) is 5.02 Å². The molecule has 0 aromatic heterocycles. The van der Waals surface area contributed by atoms with Gasteiger partial charge in [-0.3, -0.25) is 4.79 Å². The topological polar surface area (TPSA) is 84.9 Å². The lowest BCUT2D eigenvalue weighted by Crippen LogP contribution is -2.41. The summed E-state index contributed by atoms with van der Waals surface area (Å²) in [7, 11) is 0. The van der Waals surface area contributed by atoms with Crippen LogP contribution in [0.1, 0.15) is 29.7 Å². The number of aryl methyl sites for hydroxylation is 1. The highest BCUT2D eigenvalue weighted by Gasteiger charge is 2.27. The van der Waals surface area contributed by atoms with Crippen LogP contribution in [0.15, 0.2) is 36.4 Å². The summed E-state index contributed by atoms with van der Waals surface area (Å²) in [5.74, 6) is -0.569. The van der Waals surface area contributed by atoms with Crippen molar-refractivity contribution in [3.05, 3.63) is 58.1 Å². The fourth-order valence-electron chi connectivity index (χ4n) is 2.88. The van der Waals surface area contributed by atoms with Crippen molar-refractivity contribution < 1.29 is 24.2 Å². The van der Waals surface area contributed by atoms with E-state index in [1.54, 1.807) is 37.3 Å². The standard InChI is InChI=1S/C20H20ClNO5/c1-11-3-5-15(21)17(9-11)27-12(2)19(23)22-18(20(24)25)14-4-6-16-13(10-14)7-8-26-16/h3-6,9-10,12,18H,7-8H2,1-2H3,(H,22,23)(H,24,25). The van der Waals surface area contributed by atoms with E-state index in [2.05, 4.69) is 5.32 Å². The quantitative estimate of drug-likeness (QED) is 0.791. The molecule has 1 amide bonds. The molecule has 0 saturated carbocycles. The van der Waals surface area contributed by atoms with E-state index in [0.717, 1.165) is 23.3 Å². The van der Waals surface area contributed by atoms with Crippen molar-refractivity contribution in [3.63, 3.8) is 0 Å². The largest absolute Gasteiger partial charge is 0.493 e. The zero-order valence-corrected chi connectivity index (χ0v) is 15.7. The fourth-order valence-corrected chi connectivity index (χ4v) is 3.04. The van der Waals surface area contributed by atoms with Crippen LogP contribution in [0, 0.1) is 6.92 Å². The van der Waals surface area contributed by atoms with Crippen molar-refractivity contribution in [2.45, 2.75) is 32.4 Å². The first-order valence-electron chi connectivity index (χ1n) is 8.57. The fraction of sp³-hybridized carbons (Fsp3) is 0.300. The number of nitrogens with one attached hydrogen (secondary N) is 1. The number of fused-ring (bicyclic) bond motifs is 1. The molecule has 27 heavy (non-hydrogen) atoms. The van der Waals surface area contributed by atoms with E-state index in [4.69, 9.17) is 21.1 Å². The molecule has 1 heterocycles. The number of halogens is 1. The lowest BCUT2D eigenvalue weighted by atomic mass is 10.0. The molecule has 0 aliphatic carbocycles. The van der Waals surface area contributed by atoms with E-state index < -0.39 is 24.0 Å². The maximum absolute atomic E-state index is 12.5. The third-order valence-corrected chi connectivity index (χ3v) is 4.65. The average Bonchev–Trinajstić information content (AvgIpc) is 3.09. The molecular weight excluding hydrogens is 370 g/mol. The Labute approximate surface area is 162 Å². The lowest BCUT2D eigenvalue weighted by molar-refractivity contribution is -0.143. The first-order valence-corrected chi connectivity index (χ1v) is 8.94. The normalized spacial score (nSPS) is 14.6. The summed E-state index contributed by atoms with van der Waals surface area (Å²) in [4.78, 5) is 24.2. The van der Waals surface area contributed by atoms with E-state index >= 15 is 0 Å². The van der Waals surface area contributed by atoms with Gasteiger partial charge in [0.05, 0.1) is 11.6 Å². The van der Waals surface area contributed by atoms with Gasteiger partial charge in [0.25, 0.3) is 5.91 Å². The Kier molecular flexibility index (Phi) is 5.56. The van der Waals surface area contributed by atoms with E-state index in [9.17, 15) is 14.7 Å². The molecule has 2 unspecified atom stereocenters. The minimum atomic E-state index is -1.18. The van der Waals surface area contributed by atoms with Gasteiger partial charge in [0.1, 0.15) is 11.5 Å². The minimum Gasteiger partial charge on any atom is -0.493 e. The Morgan fingerprint density at radius 2 is 2.04 bits per heavy atom. The Balaban J connectivity index is 1.73. The summed E-state index contributed by atoms with van der Waals surface area (Å²) in [5.41, 5.74) is 2.36. The van der Waals surface area contributed by atoms with Gasteiger partial charge in [-0.2, -0.15) is 0 Å². The average molecular weight is 390 g/mol. The van der Waals surface area contributed by atoms with E-state index in [1.165, 1.54) is 0 Å². The van der Waals surface area contributed by atoms with Crippen molar-refractivity contribution >= 4 is 23.5 Å². The predicted octanol–water partition coefficient (Wildman–Crippen LogP) is 3.29. The highest BCUT2D eigenvalue weighted by Crippen LogP contribution is 2.29. The molecule has 2 N–H and O–H groups in total. The van der Waals surface area contributed by atoms with Crippen LogP contribution in [0.3, 0.4) is 0 Å². The molecule has 0 spiro atoms. The number of amides is 1. The monoisotopic (exact) mass is 389 g/mol. The van der Waals surface area contributed by atoms with Crippen LogP contribution < -0.4 is 14.8 Å². The van der Waals surface area contributed by atoms with Crippen LogP contribution in [0.25, 0.3) is 0 Å². The Bertz CT molecular complexity index is 883. The second-order valence-electron chi connectivity index (χ2n) is 6.44. The number of carboxylic acid groups (broad SMARTS) is 1. The number of hydrogen-bond acceptors (Lipinski definition) is 4. The molecule has 0 fully saturated rings. The van der Waals surface area contributed by atoms with Crippen molar-refractivity contribution in [2.24, 2.45) is 0 Å². The van der Waals surface area contributed by atoms with Gasteiger partial charge in [-0.05, 0) is 54.8 Å². The predicted molar refractivity (Wildman–Crippen MR) is 100 cm³/mol. The Hall–Kier alpha value is -2.73. The van der Waals surface area contributed by atoms with Crippen LogP contribution in [0.4, 0.5) is 0 Å². The maximum atomic E-state index is 12.5. The molecule has 0 radical (unpaired) electrons. The van der Waals surface area contributed by atoms with Crippen molar-refractivity contribution in [2.75, 3.05) is 6.61 Å². The molecule has 7 heteroatoms. The summed E-state index contributed by atoms with van der Waals surface area (Å²) >= 11 is 6.09. The Morgan fingerprint density at radius 3 is 2.78 bits per heavy atom.